The SMILES string of the molecule is CC(=NO)C(CC(C)C)=NO. The Bertz CT molecular complexity index is 173. The highest BCUT2D eigenvalue weighted by atomic mass is 16.4. The van der Waals surface area contributed by atoms with Crippen LogP contribution in [0, 0.1) is 5.92 Å². The lowest BCUT2D eigenvalue weighted by Crippen LogP contribution is -2.13. The Labute approximate surface area is 66.2 Å². The lowest BCUT2D eigenvalue weighted by atomic mass is 10.0. The minimum atomic E-state index is 0.362. The Morgan fingerprint density at radius 2 is 1.82 bits per heavy atom. The van der Waals surface area contributed by atoms with Crippen LogP contribution >= 0.6 is 0 Å². The molecule has 0 spiro atoms. The van der Waals surface area contributed by atoms with E-state index >= 15 is 0 Å². The van der Waals surface area contributed by atoms with Gasteiger partial charge in [-0.15, -0.1) is 0 Å². The minimum absolute atomic E-state index is 0.362. The lowest BCUT2D eigenvalue weighted by molar-refractivity contribution is 0.312. The summed E-state index contributed by atoms with van der Waals surface area (Å²) in [4.78, 5) is 0. The maximum atomic E-state index is 8.47. The second-order valence-corrected chi connectivity index (χ2v) is 2.83. The van der Waals surface area contributed by atoms with Crippen molar-refractivity contribution in [3.8, 4) is 0 Å². The summed E-state index contributed by atoms with van der Waals surface area (Å²) in [6.07, 6.45) is 0.617. The van der Waals surface area contributed by atoms with Crippen LogP contribution in [0.4, 0.5) is 0 Å². The fraction of sp³-hybridized carbons (Fsp3) is 0.714. The first-order valence-corrected chi connectivity index (χ1v) is 3.51. The van der Waals surface area contributed by atoms with Gasteiger partial charge in [0, 0.05) is 0 Å². The number of hydrogen-bond donors (Lipinski definition) is 2. The molecule has 0 aromatic carbocycles. The maximum Gasteiger partial charge on any atom is 0.104 e. The van der Waals surface area contributed by atoms with Gasteiger partial charge in [0.15, 0.2) is 0 Å². The smallest absolute Gasteiger partial charge is 0.104 e. The molecule has 0 rings (SSSR count). The third-order valence-electron chi connectivity index (χ3n) is 1.29. The second-order valence-electron chi connectivity index (χ2n) is 2.83. The fourth-order valence-corrected chi connectivity index (χ4v) is 0.705. The van der Waals surface area contributed by atoms with Crippen LogP contribution in [0.15, 0.2) is 10.3 Å². The average molecular weight is 158 g/mol. The molecule has 4 heteroatoms. The van der Waals surface area contributed by atoms with E-state index in [0.717, 1.165) is 0 Å². The van der Waals surface area contributed by atoms with Gasteiger partial charge in [0.25, 0.3) is 0 Å². The predicted molar refractivity (Wildman–Crippen MR) is 43.6 cm³/mol. The van der Waals surface area contributed by atoms with Crippen molar-refractivity contribution in [2.45, 2.75) is 27.2 Å². The van der Waals surface area contributed by atoms with E-state index in [1.54, 1.807) is 6.92 Å². The van der Waals surface area contributed by atoms with Gasteiger partial charge >= 0.3 is 0 Å². The normalized spacial score (nSPS) is 14.2. The Hall–Kier alpha value is -1.06. The number of oxime groups is 2. The summed E-state index contributed by atoms with van der Waals surface area (Å²) in [6.45, 7) is 5.59. The average Bonchev–Trinajstić information content (AvgIpc) is 1.98. The van der Waals surface area contributed by atoms with E-state index in [-0.39, 0.29) is 0 Å². The van der Waals surface area contributed by atoms with Crippen LogP contribution in [0.3, 0.4) is 0 Å². The largest absolute Gasteiger partial charge is 0.411 e. The van der Waals surface area contributed by atoms with Crippen molar-refractivity contribution < 1.29 is 10.4 Å². The summed E-state index contributed by atoms with van der Waals surface area (Å²) < 4.78 is 0. The topological polar surface area (TPSA) is 65.2 Å². The molecular weight excluding hydrogens is 144 g/mol. The number of hydrogen-bond acceptors (Lipinski definition) is 4. The van der Waals surface area contributed by atoms with Gasteiger partial charge in [-0.25, -0.2) is 0 Å². The van der Waals surface area contributed by atoms with Gasteiger partial charge in [-0.05, 0) is 19.3 Å². The number of nitrogens with zero attached hydrogens (tertiary/aromatic N) is 2. The van der Waals surface area contributed by atoms with Crippen LogP contribution in [0.5, 0.6) is 0 Å². The van der Waals surface area contributed by atoms with Gasteiger partial charge in [0.05, 0.1) is 0 Å². The first kappa shape index (κ1) is 9.94. The van der Waals surface area contributed by atoms with Crippen molar-refractivity contribution in [3.05, 3.63) is 0 Å². The molecule has 0 bridgehead atoms. The zero-order valence-electron chi connectivity index (χ0n) is 7.07. The first-order valence-electron chi connectivity index (χ1n) is 3.51. The molecular formula is C7H14N2O2. The molecule has 0 aromatic heterocycles. The van der Waals surface area contributed by atoms with Crippen LogP contribution in [-0.2, 0) is 0 Å². The molecule has 2 N–H and O–H groups in total. The molecule has 0 fully saturated rings. The maximum absolute atomic E-state index is 8.47. The molecule has 0 saturated heterocycles. The van der Waals surface area contributed by atoms with Gasteiger partial charge in [0.1, 0.15) is 11.4 Å². The monoisotopic (exact) mass is 158 g/mol. The molecule has 0 amide bonds. The molecule has 0 aliphatic carbocycles. The predicted octanol–water partition coefficient (Wildman–Crippen LogP) is 1.71. The summed E-state index contributed by atoms with van der Waals surface area (Å²) in [5.74, 6) is 0.387. The molecule has 11 heavy (non-hydrogen) atoms. The Morgan fingerprint density at radius 1 is 1.27 bits per heavy atom. The van der Waals surface area contributed by atoms with Crippen molar-refractivity contribution in [2.75, 3.05) is 0 Å². The van der Waals surface area contributed by atoms with E-state index in [9.17, 15) is 0 Å². The zero-order valence-corrected chi connectivity index (χ0v) is 7.07. The minimum Gasteiger partial charge on any atom is -0.411 e. The molecule has 0 radical (unpaired) electrons. The third-order valence-corrected chi connectivity index (χ3v) is 1.29. The van der Waals surface area contributed by atoms with Gasteiger partial charge < -0.3 is 10.4 Å². The Balaban J connectivity index is 4.21. The van der Waals surface area contributed by atoms with Crippen LogP contribution < -0.4 is 0 Å². The molecule has 0 unspecified atom stereocenters. The Morgan fingerprint density at radius 3 is 2.09 bits per heavy atom. The molecule has 0 aliphatic heterocycles. The van der Waals surface area contributed by atoms with E-state index in [0.29, 0.717) is 23.8 Å². The molecule has 0 heterocycles. The first-order chi connectivity index (χ1) is 5.11. The van der Waals surface area contributed by atoms with Crippen molar-refractivity contribution in [1.82, 2.24) is 0 Å². The second kappa shape index (κ2) is 4.71. The zero-order chi connectivity index (χ0) is 8.85. The third kappa shape index (κ3) is 3.60. The van der Waals surface area contributed by atoms with Crippen LogP contribution in [0.25, 0.3) is 0 Å². The molecule has 0 atom stereocenters. The van der Waals surface area contributed by atoms with Crippen LogP contribution in [0.1, 0.15) is 27.2 Å². The quantitative estimate of drug-likeness (QED) is 0.373. The van der Waals surface area contributed by atoms with Crippen LogP contribution in [-0.4, -0.2) is 21.8 Å². The van der Waals surface area contributed by atoms with Crippen molar-refractivity contribution in [2.24, 2.45) is 16.2 Å². The van der Waals surface area contributed by atoms with Crippen molar-refractivity contribution >= 4 is 11.4 Å². The van der Waals surface area contributed by atoms with E-state index in [1.807, 2.05) is 13.8 Å². The summed E-state index contributed by atoms with van der Waals surface area (Å²) in [5.41, 5.74) is 0.795. The van der Waals surface area contributed by atoms with Gasteiger partial charge in [0.2, 0.25) is 0 Å². The van der Waals surface area contributed by atoms with E-state index in [1.165, 1.54) is 0 Å². The van der Waals surface area contributed by atoms with Gasteiger partial charge in [-0.3, -0.25) is 0 Å². The van der Waals surface area contributed by atoms with E-state index in [2.05, 4.69) is 10.3 Å². The highest BCUT2D eigenvalue weighted by Gasteiger charge is 2.07. The fourth-order valence-electron chi connectivity index (χ4n) is 0.705. The van der Waals surface area contributed by atoms with E-state index < -0.39 is 0 Å². The Kier molecular flexibility index (Phi) is 4.26. The van der Waals surface area contributed by atoms with Crippen molar-refractivity contribution in [1.29, 1.82) is 0 Å². The molecule has 4 nitrogen and oxygen atoms in total. The summed E-state index contributed by atoms with van der Waals surface area (Å²) in [7, 11) is 0. The molecule has 0 aliphatic rings. The van der Waals surface area contributed by atoms with Crippen molar-refractivity contribution in [3.63, 3.8) is 0 Å². The molecule has 0 aromatic rings. The van der Waals surface area contributed by atoms with E-state index in [4.69, 9.17) is 10.4 Å². The summed E-state index contributed by atoms with van der Waals surface area (Å²) in [5, 5.41) is 22.8. The highest BCUT2D eigenvalue weighted by Crippen LogP contribution is 2.02. The van der Waals surface area contributed by atoms with Gasteiger partial charge in [-0.1, -0.05) is 24.2 Å². The van der Waals surface area contributed by atoms with Gasteiger partial charge in [-0.2, -0.15) is 0 Å². The molecule has 0 saturated carbocycles. The summed E-state index contributed by atoms with van der Waals surface area (Å²) in [6, 6.07) is 0. The standard InChI is InChI=1S/C7H14N2O2/c1-5(2)4-7(9-11)6(3)8-10/h5,10-11H,4H2,1-3H3. The number of rotatable bonds is 3. The summed E-state index contributed by atoms with van der Waals surface area (Å²) >= 11 is 0. The molecule has 64 valence electrons. The van der Waals surface area contributed by atoms with Crippen LogP contribution in [0.2, 0.25) is 0 Å². The highest BCUT2D eigenvalue weighted by molar-refractivity contribution is 6.41. The lowest BCUT2D eigenvalue weighted by Gasteiger charge is -2.04.